The van der Waals surface area contributed by atoms with Crippen LogP contribution in [0.2, 0.25) is 0 Å². The number of fused-ring (bicyclic) bond motifs is 2. The number of hydrogen-bond donors (Lipinski definition) is 1. The first-order chi connectivity index (χ1) is 12.3. The number of hydrogen-bond acceptors (Lipinski definition) is 6. The number of imidazole rings is 1. The normalized spacial score (nSPS) is 11.4. The fourth-order valence-corrected chi connectivity index (χ4v) is 2.89. The van der Waals surface area contributed by atoms with Crippen molar-refractivity contribution in [2.24, 2.45) is 0 Å². The van der Waals surface area contributed by atoms with Gasteiger partial charge in [-0.3, -0.25) is 4.57 Å². The van der Waals surface area contributed by atoms with Gasteiger partial charge in [0.2, 0.25) is 0 Å². The molecule has 0 unspecified atom stereocenters. The highest BCUT2D eigenvalue weighted by atomic mass is 15.4. The maximum atomic E-state index is 6.39. The summed E-state index contributed by atoms with van der Waals surface area (Å²) in [4.78, 5) is 13.0. The van der Waals surface area contributed by atoms with Crippen molar-refractivity contribution in [3.8, 4) is 11.6 Å². The van der Waals surface area contributed by atoms with Crippen LogP contribution >= 0.6 is 0 Å². The van der Waals surface area contributed by atoms with Crippen LogP contribution in [0.5, 0.6) is 0 Å². The molecule has 0 aliphatic carbocycles. The molecule has 0 fully saturated rings. The molecule has 0 saturated carbocycles. The molecule has 0 aliphatic rings. The number of benzene rings is 2. The summed E-state index contributed by atoms with van der Waals surface area (Å²) < 4.78 is 3.46. The molecule has 8 nitrogen and oxygen atoms in total. The molecule has 2 N–H and O–H groups in total. The van der Waals surface area contributed by atoms with Crippen molar-refractivity contribution in [2.45, 2.75) is 0 Å². The number of aromatic nitrogens is 7. The molecule has 0 aliphatic heterocycles. The Hall–Kier alpha value is -3.81. The summed E-state index contributed by atoms with van der Waals surface area (Å²) in [5, 5.41) is 8.34. The third-order valence-corrected chi connectivity index (χ3v) is 4.08. The summed E-state index contributed by atoms with van der Waals surface area (Å²) in [6.07, 6.45) is 3.17. The van der Waals surface area contributed by atoms with Gasteiger partial charge in [0, 0.05) is 0 Å². The third-order valence-electron chi connectivity index (χ3n) is 4.08. The van der Waals surface area contributed by atoms with Gasteiger partial charge in [-0.1, -0.05) is 29.5 Å². The lowest BCUT2D eigenvalue weighted by Crippen LogP contribution is -2.10. The average Bonchev–Trinajstić information content (AvgIpc) is 3.26. The minimum absolute atomic E-state index is 0.404. The zero-order valence-corrected chi connectivity index (χ0v) is 13.0. The summed E-state index contributed by atoms with van der Waals surface area (Å²) in [6, 6.07) is 15.4. The van der Waals surface area contributed by atoms with Crippen LogP contribution in [0.1, 0.15) is 0 Å². The molecule has 0 bridgehead atoms. The lowest BCUT2D eigenvalue weighted by Gasteiger charge is -2.10. The van der Waals surface area contributed by atoms with Crippen molar-refractivity contribution in [2.75, 3.05) is 5.73 Å². The average molecular weight is 328 g/mol. The molecule has 25 heavy (non-hydrogen) atoms. The first-order valence-electron chi connectivity index (χ1n) is 7.67. The van der Waals surface area contributed by atoms with Gasteiger partial charge in [0.25, 0.3) is 0 Å². The number of nitrogen functional groups attached to an aromatic ring is 1. The molecule has 3 aromatic heterocycles. The maximum absolute atomic E-state index is 6.39. The van der Waals surface area contributed by atoms with E-state index in [2.05, 4.69) is 25.3 Å². The SMILES string of the molecule is Nc1c(-n2cnc3ccccc32)ncnc1-n1nnc2ccccc21. The molecule has 0 atom stereocenters. The third kappa shape index (κ3) is 1.97. The van der Waals surface area contributed by atoms with E-state index in [4.69, 9.17) is 5.73 Å². The van der Waals surface area contributed by atoms with Crippen LogP contribution in [0.15, 0.2) is 61.2 Å². The predicted molar refractivity (Wildman–Crippen MR) is 93.5 cm³/mol. The monoisotopic (exact) mass is 328 g/mol. The molecule has 0 amide bonds. The topological polar surface area (TPSA) is 100 Å². The van der Waals surface area contributed by atoms with E-state index in [0.717, 1.165) is 22.1 Å². The lowest BCUT2D eigenvalue weighted by molar-refractivity contribution is 0.796. The van der Waals surface area contributed by atoms with E-state index in [0.29, 0.717) is 17.3 Å². The van der Waals surface area contributed by atoms with Gasteiger partial charge < -0.3 is 5.73 Å². The van der Waals surface area contributed by atoms with Crippen LogP contribution in [0.3, 0.4) is 0 Å². The van der Waals surface area contributed by atoms with Gasteiger partial charge in [0.15, 0.2) is 11.6 Å². The first-order valence-corrected chi connectivity index (χ1v) is 7.67. The zero-order valence-electron chi connectivity index (χ0n) is 13.0. The van der Waals surface area contributed by atoms with E-state index < -0.39 is 0 Å². The van der Waals surface area contributed by atoms with Crippen molar-refractivity contribution in [1.29, 1.82) is 0 Å². The van der Waals surface area contributed by atoms with Gasteiger partial charge >= 0.3 is 0 Å². The molecule has 3 heterocycles. The van der Waals surface area contributed by atoms with Gasteiger partial charge in [-0.15, -0.1) is 5.10 Å². The summed E-state index contributed by atoms with van der Waals surface area (Å²) in [6.45, 7) is 0. The van der Waals surface area contributed by atoms with Crippen molar-refractivity contribution in [3.63, 3.8) is 0 Å². The minimum atomic E-state index is 0.404. The van der Waals surface area contributed by atoms with E-state index in [1.54, 1.807) is 11.0 Å². The highest BCUT2D eigenvalue weighted by Crippen LogP contribution is 2.25. The Bertz CT molecular complexity index is 1130. The van der Waals surface area contributed by atoms with E-state index in [1.165, 1.54) is 6.33 Å². The lowest BCUT2D eigenvalue weighted by atomic mass is 10.3. The Kier molecular flexibility index (Phi) is 2.78. The molecule has 5 aromatic rings. The summed E-state index contributed by atoms with van der Waals surface area (Å²) in [7, 11) is 0. The molecule has 0 radical (unpaired) electrons. The Morgan fingerprint density at radius 3 is 2.36 bits per heavy atom. The van der Waals surface area contributed by atoms with Crippen molar-refractivity contribution < 1.29 is 0 Å². The van der Waals surface area contributed by atoms with Gasteiger partial charge in [-0.25, -0.2) is 15.0 Å². The molecule has 0 saturated heterocycles. The van der Waals surface area contributed by atoms with Gasteiger partial charge in [-0.2, -0.15) is 4.68 Å². The number of nitrogens with two attached hydrogens (primary N) is 1. The van der Waals surface area contributed by atoms with Gasteiger partial charge in [0.05, 0.1) is 16.6 Å². The van der Waals surface area contributed by atoms with Crippen LogP contribution < -0.4 is 5.73 Å². The molecule has 5 rings (SSSR count). The Morgan fingerprint density at radius 2 is 1.48 bits per heavy atom. The number of para-hydroxylation sites is 3. The van der Waals surface area contributed by atoms with Crippen LogP contribution in [0, 0.1) is 0 Å². The highest BCUT2D eigenvalue weighted by Gasteiger charge is 2.16. The van der Waals surface area contributed by atoms with Gasteiger partial charge in [0.1, 0.15) is 23.9 Å². The quantitative estimate of drug-likeness (QED) is 0.533. The second-order valence-electron chi connectivity index (χ2n) is 5.53. The smallest absolute Gasteiger partial charge is 0.184 e. The maximum Gasteiger partial charge on any atom is 0.184 e. The number of rotatable bonds is 2. The molecule has 0 spiro atoms. The Balaban J connectivity index is 1.75. The zero-order chi connectivity index (χ0) is 16.8. The molecule has 8 heteroatoms. The van der Waals surface area contributed by atoms with Crippen LogP contribution in [0.25, 0.3) is 33.7 Å². The Morgan fingerprint density at radius 1 is 0.760 bits per heavy atom. The van der Waals surface area contributed by atoms with E-state index in [9.17, 15) is 0 Å². The standard InChI is InChI=1S/C17H12N8/c18-15-16(24-10-21-11-5-1-3-7-13(11)24)19-9-20-17(15)25-14-8-4-2-6-12(14)22-23-25/h1-10H,18H2. The molecule has 2 aromatic carbocycles. The summed E-state index contributed by atoms with van der Waals surface area (Å²) in [5.41, 5.74) is 10.2. The van der Waals surface area contributed by atoms with Gasteiger partial charge in [-0.05, 0) is 24.3 Å². The van der Waals surface area contributed by atoms with E-state index in [-0.39, 0.29) is 0 Å². The van der Waals surface area contributed by atoms with E-state index in [1.807, 2.05) is 53.1 Å². The fraction of sp³-hybridized carbons (Fsp3) is 0. The molecular formula is C17H12N8. The highest BCUT2D eigenvalue weighted by molar-refractivity contribution is 5.81. The summed E-state index contributed by atoms with van der Waals surface area (Å²) >= 11 is 0. The first kappa shape index (κ1) is 13.6. The van der Waals surface area contributed by atoms with Crippen molar-refractivity contribution in [1.82, 2.24) is 34.5 Å². The fourth-order valence-electron chi connectivity index (χ4n) is 2.89. The molecular weight excluding hydrogens is 316 g/mol. The van der Waals surface area contributed by atoms with Crippen molar-refractivity contribution >= 4 is 27.8 Å². The second kappa shape index (κ2) is 5.10. The van der Waals surface area contributed by atoms with E-state index >= 15 is 0 Å². The summed E-state index contributed by atoms with van der Waals surface area (Å²) in [5.74, 6) is 1.04. The molecule has 120 valence electrons. The minimum Gasteiger partial charge on any atom is -0.393 e. The van der Waals surface area contributed by atoms with Crippen LogP contribution in [-0.4, -0.2) is 34.5 Å². The van der Waals surface area contributed by atoms with Crippen LogP contribution in [-0.2, 0) is 0 Å². The number of nitrogens with zero attached hydrogens (tertiary/aromatic N) is 7. The predicted octanol–water partition coefficient (Wildman–Crippen LogP) is 2.13. The largest absolute Gasteiger partial charge is 0.393 e. The number of anilines is 1. The Labute approximate surface area is 141 Å². The van der Waals surface area contributed by atoms with Crippen LogP contribution in [0.4, 0.5) is 5.69 Å². The second-order valence-corrected chi connectivity index (χ2v) is 5.53. The van der Waals surface area contributed by atoms with Crippen molar-refractivity contribution in [3.05, 3.63) is 61.2 Å².